The standard InChI is InChI=1S/C18H17BrFNO3/c1-12(24-18(23)14-3-2-4-15(19)11-14)17(22)21-10-9-13-5-7-16(20)8-6-13/h2-8,11-12H,9-10H2,1H3,(H,21,22)/t12-/m0/s1. The predicted octanol–water partition coefficient (Wildman–Crippen LogP) is 3.49. The minimum atomic E-state index is -0.898. The minimum Gasteiger partial charge on any atom is -0.449 e. The van der Waals surface area contributed by atoms with Gasteiger partial charge in [0, 0.05) is 11.0 Å². The van der Waals surface area contributed by atoms with E-state index in [-0.39, 0.29) is 11.7 Å². The largest absolute Gasteiger partial charge is 0.449 e. The Balaban J connectivity index is 1.79. The number of ether oxygens (including phenoxy) is 1. The fourth-order valence-electron chi connectivity index (χ4n) is 2.02. The van der Waals surface area contributed by atoms with Crippen LogP contribution in [-0.4, -0.2) is 24.5 Å². The van der Waals surface area contributed by atoms with Crippen molar-refractivity contribution < 1.29 is 18.7 Å². The molecule has 0 spiro atoms. The molecule has 1 N–H and O–H groups in total. The highest BCUT2D eigenvalue weighted by Gasteiger charge is 2.18. The maximum absolute atomic E-state index is 12.8. The summed E-state index contributed by atoms with van der Waals surface area (Å²) in [5, 5.41) is 2.69. The summed E-state index contributed by atoms with van der Waals surface area (Å²) in [6.45, 7) is 1.90. The highest BCUT2D eigenvalue weighted by atomic mass is 79.9. The molecule has 0 aliphatic carbocycles. The van der Waals surface area contributed by atoms with Crippen molar-refractivity contribution in [2.75, 3.05) is 6.54 Å². The molecule has 2 aromatic rings. The van der Waals surface area contributed by atoms with Gasteiger partial charge in [-0.15, -0.1) is 0 Å². The molecule has 126 valence electrons. The Hall–Kier alpha value is -2.21. The number of carbonyl (C=O) groups excluding carboxylic acids is 2. The third-order valence-corrected chi connectivity index (χ3v) is 3.83. The lowest BCUT2D eigenvalue weighted by Crippen LogP contribution is -2.36. The zero-order valence-corrected chi connectivity index (χ0v) is 14.7. The molecular formula is C18H17BrFNO3. The van der Waals surface area contributed by atoms with Crippen molar-refractivity contribution in [3.63, 3.8) is 0 Å². The lowest BCUT2D eigenvalue weighted by atomic mass is 10.1. The summed E-state index contributed by atoms with van der Waals surface area (Å²) in [5.74, 6) is -1.23. The van der Waals surface area contributed by atoms with Crippen molar-refractivity contribution in [1.29, 1.82) is 0 Å². The van der Waals surface area contributed by atoms with Crippen molar-refractivity contribution in [2.45, 2.75) is 19.4 Å². The fraction of sp³-hybridized carbons (Fsp3) is 0.222. The quantitative estimate of drug-likeness (QED) is 0.764. The zero-order valence-electron chi connectivity index (χ0n) is 13.1. The van der Waals surface area contributed by atoms with Gasteiger partial charge in [-0.25, -0.2) is 9.18 Å². The molecule has 1 amide bonds. The van der Waals surface area contributed by atoms with Gasteiger partial charge < -0.3 is 10.1 Å². The van der Waals surface area contributed by atoms with E-state index in [1.165, 1.54) is 19.1 Å². The van der Waals surface area contributed by atoms with E-state index < -0.39 is 12.1 Å². The van der Waals surface area contributed by atoms with Gasteiger partial charge in [-0.3, -0.25) is 4.79 Å². The summed E-state index contributed by atoms with van der Waals surface area (Å²) in [4.78, 5) is 23.9. The average molecular weight is 394 g/mol. The first-order valence-electron chi connectivity index (χ1n) is 7.44. The van der Waals surface area contributed by atoms with Gasteiger partial charge in [-0.05, 0) is 49.2 Å². The number of hydrogen-bond acceptors (Lipinski definition) is 3. The van der Waals surface area contributed by atoms with Gasteiger partial charge in [0.05, 0.1) is 5.56 Å². The van der Waals surface area contributed by atoms with Gasteiger partial charge in [0.1, 0.15) is 5.82 Å². The molecule has 24 heavy (non-hydrogen) atoms. The summed E-state index contributed by atoms with van der Waals surface area (Å²) in [7, 11) is 0. The van der Waals surface area contributed by atoms with Crippen molar-refractivity contribution >= 4 is 27.8 Å². The van der Waals surface area contributed by atoms with E-state index in [9.17, 15) is 14.0 Å². The number of rotatable bonds is 6. The van der Waals surface area contributed by atoms with Crippen molar-refractivity contribution in [3.05, 3.63) is 69.9 Å². The first kappa shape index (κ1) is 18.1. The number of nitrogens with one attached hydrogen (secondary N) is 1. The van der Waals surface area contributed by atoms with Gasteiger partial charge in [-0.1, -0.05) is 34.1 Å². The summed E-state index contributed by atoms with van der Waals surface area (Å²) in [6.07, 6.45) is -0.331. The Morgan fingerprint density at radius 3 is 2.58 bits per heavy atom. The van der Waals surface area contributed by atoms with Gasteiger partial charge in [-0.2, -0.15) is 0 Å². The van der Waals surface area contributed by atoms with E-state index >= 15 is 0 Å². The van der Waals surface area contributed by atoms with Gasteiger partial charge in [0.15, 0.2) is 6.10 Å². The smallest absolute Gasteiger partial charge is 0.338 e. The third kappa shape index (κ3) is 5.45. The van der Waals surface area contributed by atoms with Crippen LogP contribution in [0.3, 0.4) is 0 Å². The van der Waals surface area contributed by atoms with E-state index in [2.05, 4.69) is 21.2 Å². The Kier molecular flexibility index (Phi) is 6.49. The molecule has 0 aliphatic heterocycles. The average Bonchev–Trinajstić information content (AvgIpc) is 2.56. The van der Waals surface area contributed by atoms with E-state index in [0.717, 1.165) is 10.0 Å². The van der Waals surface area contributed by atoms with Gasteiger partial charge >= 0.3 is 5.97 Å². The van der Waals surface area contributed by atoms with E-state index in [1.807, 2.05) is 0 Å². The highest BCUT2D eigenvalue weighted by Crippen LogP contribution is 2.13. The Morgan fingerprint density at radius 2 is 1.92 bits per heavy atom. The van der Waals surface area contributed by atoms with Gasteiger partial charge in [0.25, 0.3) is 5.91 Å². The Morgan fingerprint density at radius 1 is 1.21 bits per heavy atom. The van der Waals surface area contributed by atoms with Crippen LogP contribution < -0.4 is 5.32 Å². The van der Waals surface area contributed by atoms with Crippen LogP contribution in [0.5, 0.6) is 0 Å². The monoisotopic (exact) mass is 393 g/mol. The van der Waals surface area contributed by atoms with Crippen LogP contribution in [0, 0.1) is 5.82 Å². The highest BCUT2D eigenvalue weighted by molar-refractivity contribution is 9.10. The molecule has 2 aromatic carbocycles. The number of amides is 1. The Bertz CT molecular complexity index is 718. The molecule has 0 radical (unpaired) electrons. The summed E-state index contributed by atoms with van der Waals surface area (Å²) in [6, 6.07) is 12.8. The zero-order chi connectivity index (χ0) is 17.5. The first-order chi connectivity index (χ1) is 11.5. The van der Waals surface area contributed by atoms with Crippen LogP contribution in [0.1, 0.15) is 22.8 Å². The lowest BCUT2D eigenvalue weighted by Gasteiger charge is -2.13. The van der Waals surface area contributed by atoms with E-state index in [1.54, 1.807) is 36.4 Å². The summed E-state index contributed by atoms with van der Waals surface area (Å²) in [5.41, 5.74) is 1.28. The summed E-state index contributed by atoms with van der Waals surface area (Å²) < 4.78 is 18.7. The second-order valence-corrected chi connectivity index (χ2v) is 6.14. The molecule has 1 atom stereocenters. The molecule has 0 heterocycles. The molecule has 0 saturated carbocycles. The van der Waals surface area contributed by atoms with Crippen LogP contribution in [0.4, 0.5) is 4.39 Å². The second-order valence-electron chi connectivity index (χ2n) is 5.23. The van der Waals surface area contributed by atoms with Crippen LogP contribution in [0.15, 0.2) is 53.0 Å². The number of halogens is 2. The van der Waals surface area contributed by atoms with Crippen molar-refractivity contribution in [2.24, 2.45) is 0 Å². The van der Waals surface area contributed by atoms with E-state index in [0.29, 0.717) is 18.5 Å². The maximum atomic E-state index is 12.8. The molecule has 0 saturated heterocycles. The number of hydrogen-bond donors (Lipinski definition) is 1. The van der Waals surface area contributed by atoms with Crippen LogP contribution in [0.2, 0.25) is 0 Å². The number of benzene rings is 2. The predicted molar refractivity (Wildman–Crippen MR) is 92.1 cm³/mol. The molecular weight excluding hydrogens is 377 g/mol. The number of esters is 1. The molecule has 4 nitrogen and oxygen atoms in total. The molecule has 6 heteroatoms. The third-order valence-electron chi connectivity index (χ3n) is 3.34. The van der Waals surface area contributed by atoms with Crippen molar-refractivity contribution in [1.82, 2.24) is 5.32 Å². The van der Waals surface area contributed by atoms with Crippen LogP contribution >= 0.6 is 15.9 Å². The Labute approximate surface area is 148 Å². The van der Waals surface area contributed by atoms with E-state index in [4.69, 9.17) is 4.74 Å². The molecule has 0 unspecified atom stereocenters. The van der Waals surface area contributed by atoms with Gasteiger partial charge in [0.2, 0.25) is 0 Å². The SMILES string of the molecule is C[C@H](OC(=O)c1cccc(Br)c1)C(=O)NCCc1ccc(F)cc1. The number of carbonyl (C=O) groups is 2. The normalized spacial score (nSPS) is 11.6. The molecule has 0 fully saturated rings. The molecule has 2 rings (SSSR count). The topological polar surface area (TPSA) is 55.4 Å². The minimum absolute atomic E-state index is 0.295. The first-order valence-corrected chi connectivity index (χ1v) is 8.23. The second kappa shape index (κ2) is 8.59. The lowest BCUT2D eigenvalue weighted by molar-refractivity contribution is -0.129. The molecule has 0 aromatic heterocycles. The van der Waals surface area contributed by atoms with Crippen molar-refractivity contribution in [3.8, 4) is 0 Å². The van der Waals surface area contributed by atoms with Crippen LogP contribution in [0.25, 0.3) is 0 Å². The fourth-order valence-corrected chi connectivity index (χ4v) is 2.42. The molecule has 0 bridgehead atoms. The molecule has 0 aliphatic rings. The summed E-state index contributed by atoms with van der Waals surface area (Å²) >= 11 is 3.28. The van der Waals surface area contributed by atoms with Crippen LogP contribution in [-0.2, 0) is 16.0 Å². The maximum Gasteiger partial charge on any atom is 0.338 e.